The highest BCUT2D eigenvalue weighted by Crippen LogP contribution is 2.25. The normalized spacial score (nSPS) is 19.2. The van der Waals surface area contributed by atoms with Gasteiger partial charge in [-0.05, 0) is 32.9 Å². The molecule has 1 aromatic heterocycles. The summed E-state index contributed by atoms with van der Waals surface area (Å²) in [7, 11) is 0. The maximum absolute atomic E-state index is 11.3. The van der Waals surface area contributed by atoms with Crippen molar-refractivity contribution < 1.29 is 5.11 Å². The van der Waals surface area contributed by atoms with Gasteiger partial charge in [-0.1, -0.05) is 11.8 Å². The Balaban J connectivity index is 1.99. The van der Waals surface area contributed by atoms with Crippen LogP contribution in [0.2, 0.25) is 0 Å². The van der Waals surface area contributed by atoms with Crippen molar-refractivity contribution in [3.8, 4) is 0 Å². The number of aromatic amines is 1. The van der Waals surface area contributed by atoms with Gasteiger partial charge >= 0.3 is 0 Å². The molecule has 1 aromatic rings. The van der Waals surface area contributed by atoms with Crippen LogP contribution in [0.3, 0.4) is 0 Å². The van der Waals surface area contributed by atoms with E-state index in [9.17, 15) is 9.90 Å². The third kappa shape index (κ3) is 3.55. The van der Waals surface area contributed by atoms with Crippen LogP contribution in [0.25, 0.3) is 0 Å². The molecule has 0 aromatic carbocycles. The fourth-order valence-corrected chi connectivity index (χ4v) is 2.93. The largest absolute Gasteiger partial charge is 0.389 e. The number of rotatable bonds is 3. The molecule has 5 nitrogen and oxygen atoms in total. The molecule has 3 N–H and O–H groups in total. The number of nitrogens with one attached hydrogen (secondary N) is 2. The van der Waals surface area contributed by atoms with Crippen molar-refractivity contribution in [3.05, 3.63) is 22.1 Å². The van der Waals surface area contributed by atoms with Crippen LogP contribution in [0.15, 0.2) is 16.0 Å². The molecule has 0 bridgehead atoms. The first-order chi connectivity index (χ1) is 8.07. The van der Waals surface area contributed by atoms with E-state index < -0.39 is 5.60 Å². The number of nitrogens with zero attached hydrogens (tertiary/aromatic N) is 1. The molecule has 1 saturated heterocycles. The van der Waals surface area contributed by atoms with Gasteiger partial charge in [-0.15, -0.1) is 0 Å². The van der Waals surface area contributed by atoms with Crippen LogP contribution in [0.1, 0.15) is 18.5 Å². The zero-order valence-electron chi connectivity index (χ0n) is 9.82. The van der Waals surface area contributed by atoms with Gasteiger partial charge in [0.2, 0.25) is 0 Å². The van der Waals surface area contributed by atoms with E-state index in [-0.39, 0.29) is 5.56 Å². The van der Waals surface area contributed by atoms with E-state index in [1.807, 2.05) is 0 Å². The predicted molar refractivity (Wildman–Crippen MR) is 67.4 cm³/mol. The first-order valence-corrected chi connectivity index (χ1v) is 6.70. The van der Waals surface area contributed by atoms with Crippen molar-refractivity contribution >= 4 is 11.8 Å². The number of hydrogen-bond acceptors (Lipinski definition) is 5. The van der Waals surface area contributed by atoms with E-state index >= 15 is 0 Å². The summed E-state index contributed by atoms with van der Waals surface area (Å²) >= 11 is 1.41. The van der Waals surface area contributed by atoms with Gasteiger partial charge in [0, 0.05) is 17.5 Å². The molecule has 1 aliphatic rings. The van der Waals surface area contributed by atoms with Crippen molar-refractivity contribution in [3.63, 3.8) is 0 Å². The van der Waals surface area contributed by atoms with E-state index in [0.717, 1.165) is 25.9 Å². The first-order valence-electron chi connectivity index (χ1n) is 5.71. The number of aryl methyl sites for hydroxylation is 1. The van der Waals surface area contributed by atoms with E-state index in [1.165, 1.54) is 17.8 Å². The summed E-state index contributed by atoms with van der Waals surface area (Å²) in [6.45, 7) is 3.47. The average molecular weight is 255 g/mol. The Labute approximate surface area is 104 Å². The van der Waals surface area contributed by atoms with E-state index in [2.05, 4.69) is 15.3 Å². The summed E-state index contributed by atoms with van der Waals surface area (Å²) in [5.41, 5.74) is -0.0797. The van der Waals surface area contributed by atoms with E-state index in [1.54, 1.807) is 6.92 Å². The summed E-state index contributed by atoms with van der Waals surface area (Å²) in [5.74, 6) is 0.571. The molecule has 2 rings (SSSR count). The third-order valence-electron chi connectivity index (χ3n) is 2.86. The maximum Gasteiger partial charge on any atom is 0.251 e. The third-order valence-corrected chi connectivity index (χ3v) is 4.01. The number of H-pyrrole nitrogens is 1. The van der Waals surface area contributed by atoms with Gasteiger partial charge in [0.25, 0.3) is 5.56 Å². The fraction of sp³-hybridized carbons (Fsp3) is 0.636. The molecule has 0 amide bonds. The molecular weight excluding hydrogens is 238 g/mol. The molecule has 0 unspecified atom stereocenters. The topological polar surface area (TPSA) is 78.0 Å². The monoisotopic (exact) mass is 255 g/mol. The Morgan fingerprint density at radius 2 is 2.24 bits per heavy atom. The van der Waals surface area contributed by atoms with Gasteiger partial charge in [-0.2, -0.15) is 0 Å². The second-order valence-electron chi connectivity index (χ2n) is 4.45. The SMILES string of the molecule is Cc1cc(=O)[nH]c(SCC2(O)CCNCC2)n1. The minimum Gasteiger partial charge on any atom is -0.389 e. The Morgan fingerprint density at radius 3 is 2.88 bits per heavy atom. The molecule has 6 heteroatoms. The molecule has 0 saturated carbocycles. The number of piperidine rings is 1. The first kappa shape index (κ1) is 12.6. The van der Waals surface area contributed by atoms with Crippen molar-refractivity contribution in [2.75, 3.05) is 18.8 Å². The Hall–Kier alpha value is -0.850. The van der Waals surface area contributed by atoms with Gasteiger partial charge in [0.15, 0.2) is 5.16 Å². The smallest absolute Gasteiger partial charge is 0.251 e. The number of thioether (sulfide) groups is 1. The van der Waals surface area contributed by atoms with Crippen LogP contribution < -0.4 is 10.9 Å². The Bertz CT molecular complexity index is 441. The van der Waals surface area contributed by atoms with Gasteiger partial charge in [-0.25, -0.2) is 4.98 Å². The second kappa shape index (κ2) is 5.20. The van der Waals surface area contributed by atoms with Gasteiger partial charge < -0.3 is 15.4 Å². The van der Waals surface area contributed by atoms with Crippen LogP contribution in [0, 0.1) is 6.92 Å². The van der Waals surface area contributed by atoms with Crippen molar-refractivity contribution in [1.29, 1.82) is 0 Å². The maximum atomic E-state index is 11.3. The lowest BCUT2D eigenvalue weighted by molar-refractivity contribution is 0.0338. The van der Waals surface area contributed by atoms with Crippen LogP contribution in [-0.2, 0) is 0 Å². The summed E-state index contributed by atoms with van der Waals surface area (Å²) < 4.78 is 0. The number of aromatic nitrogens is 2. The zero-order chi connectivity index (χ0) is 12.3. The van der Waals surface area contributed by atoms with Crippen LogP contribution in [0.4, 0.5) is 0 Å². The molecule has 1 fully saturated rings. The zero-order valence-corrected chi connectivity index (χ0v) is 10.6. The molecule has 17 heavy (non-hydrogen) atoms. The lowest BCUT2D eigenvalue weighted by atomic mass is 9.95. The molecule has 1 aliphatic heterocycles. The van der Waals surface area contributed by atoms with E-state index in [0.29, 0.717) is 16.6 Å². The quantitative estimate of drug-likeness (QED) is 0.534. The summed E-state index contributed by atoms with van der Waals surface area (Å²) in [6.07, 6.45) is 1.49. The lowest BCUT2D eigenvalue weighted by Gasteiger charge is -2.31. The lowest BCUT2D eigenvalue weighted by Crippen LogP contribution is -2.43. The predicted octanol–water partition coefficient (Wildman–Crippen LogP) is 0.285. The molecule has 0 aliphatic carbocycles. The summed E-state index contributed by atoms with van der Waals surface area (Å²) in [4.78, 5) is 18.2. The molecule has 94 valence electrons. The number of hydrogen-bond donors (Lipinski definition) is 3. The Morgan fingerprint density at radius 1 is 1.53 bits per heavy atom. The Kier molecular flexibility index (Phi) is 3.86. The molecule has 0 spiro atoms. The standard InChI is InChI=1S/C11H17N3O2S/c1-8-6-9(15)14-10(13-8)17-7-11(16)2-4-12-5-3-11/h6,12,16H,2-5,7H2,1H3,(H,13,14,15). The number of aliphatic hydroxyl groups is 1. The van der Waals surface area contributed by atoms with Crippen LogP contribution in [-0.4, -0.2) is 39.5 Å². The minimum absolute atomic E-state index is 0.141. The van der Waals surface area contributed by atoms with Gasteiger partial charge in [0.1, 0.15) is 0 Å². The fourth-order valence-electron chi connectivity index (χ4n) is 1.86. The second-order valence-corrected chi connectivity index (χ2v) is 5.42. The summed E-state index contributed by atoms with van der Waals surface area (Å²) in [5, 5.41) is 14.1. The van der Waals surface area contributed by atoms with E-state index in [4.69, 9.17) is 0 Å². The molecular formula is C11H17N3O2S. The highest BCUT2D eigenvalue weighted by atomic mass is 32.2. The van der Waals surface area contributed by atoms with Crippen LogP contribution >= 0.6 is 11.8 Å². The van der Waals surface area contributed by atoms with Gasteiger partial charge in [0.05, 0.1) is 5.60 Å². The highest BCUT2D eigenvalue weighted by Gasteiger charge is 2.29. The van der Waals surface area contributed by atoms with Crippen molar-refractivity contribution in [1.82, 2.24) is 15.3 Å². The summed E-state index contributed by atoms with van der Waals surface area (Å²) in [6, 6.07) is 1.46. The van der Waals surface area contributed by atoms with Crippen LogP contribution in [0.5, 0.6) is 0 Å². The minimum atomic E-state index is -0.641. The molecule has 0 radical (unpaired) electrons. The molecule has 0 atom stereocenters. The average Bonchev–Trinajstić information content (AvgIpc) is 2.26. The molecule has 2 heterocycles. The highest BCUT2D eigenvalue weighted by molar-refractivity contribution is 7.99. The van der Waals surface area contributed by atoms with Gasteiger partial charge in [-0.3, -0.25) is 4.79 Å². The van der Waals surface area contributed by atoms with Crippen molar-refractivity contribution in [2.24, 2.45) is 0 Å². The van der Waals surface area contributed by atoms with Crippen molar-refractivity contribution in [2.45, 2.75) is 30.5 Å².